The van der Waals surface area contributed by atoms with Gasteiger partial charge in [-0.1, -0.05) is 81.4 Å². The molecule has 0 N–H and O–H groups in total. The number of ether oxygens (including phenoxy) is 1. The SMILES string of the molecule is [CH][N+](C)(C)CC(C)(C)C(Cc1ccccc1)(OC(=O)CC)c1ccccc1. The van der Waals surface area contributed by atoms with E-state index >= 15 is 0 Å². The molecule has 0 bridgehead atoms. The second-order valence-electron chi connectivity index (χ2n) is 8.50. The number of nitrogens with zero attached hydrogens (tertiary/aromatic N) is 1. The molecule has 1 atom stereocenters. The van der Waals surface area contributed by atoms with Crippen LogP contribution in [0.15, 0.2) is 60.7 Å². The van der Waals surface area contributed by atoms with Crippen molar-refractivity contribution in [1.29, 1.82) is 0 Å². The zero-order chi connectivity index (χ0) is 20.1. The summed E-state index contributed by atoms with van der Waals surface area (Å²) in [7, 11) is 10.3. The Kier molecular flexibility index (Phi) is 6.48. The molecule has 0 amide bonds. The van der Waals surface area contributed by atoms with Gasteiger partial charge in [0.15, 0.2) is 5.60 Å². The molecule has 2 rings (SSSR count). The highest BCUT2D eigenvalue weighted by atomic mass is 16.6. The molecule has 0 saturated carbocycles. The van der Waals surface area contributed by atoms with Gasteiger partial charge in [-0.05, 0) is 11.1 Å². The summed E-state index contributed by atoms with van der Waals surface area (Å²) in [4.78, 5) is 12.5. The molecule has 144 valence electrons. The highest BCUT2D eigenvalue weighted by molar-refractivity contribution is 5.70. The summed E-state index contributed by atoms with van der Waals surface area (Å²) in [5.41, 5.74) is 0.889. The smallest absolute Gasteiger partial charge is 0.306 e. The highest BCUT2D eigenvalue weighted by Gasteiger charge is 2.52. The highest BCUT2D eigenvalue weighted by Crippen LogP contribution is 2.47. The van der Waals surface area contributed by atoms with Gasteiger partial charge < -0.3 is 9.22 Å². The summed E-state index contributed by atoms with van der Waals surface area (Å²) in [5.74, 6) is -0.204. The molecule has 0 aliphatic heterocycles. The van der Waals surface area contributed by atoms with Crippen molar-refractivity contribution < 1.29 is 14.0 Å². The Morgan fingerprint density at radius 3 is 2.00 bits per heavy atom. The first-order chi connectivity index (χ1) is 12.6. The number of hydrogen-bond acceptors (Lipinski definition) is 2. The normalized spacial score (nSPS) is 14.4. The second kappa shape index (κ2) is 8.26. The van der Waals surface area contributed by atoms with Gasteiger partial charge in [-0.2, -0.15) is 0 Å². The van der Waals surface area contributed by atoms with Gasteiger partial charge >= 0.3 is 5.97 Å². The van der Waals surface area contributed by atoms with Crippen LogP contribution in [0, 0.1) is 12.5 Å². The molecular weight excluding hydrogens is 334 g/mol. The Morgan fingerprint density at radius 2 is 1.52 bits per heavy atom. The maximum Gasteiger partial charge on any atom is 0.306 e. The Bertz CT molecular complexity index is 732. The molecular formula is C24H32NO2+. The number of hydrogen-bond donors (Lipinski definition) is 0. The quantitative estimate of drug-likeness (QED) is 0.493. The van der Waals surface area contributed by atoms with Crippen LogP contribution in [-0.4, -0.2) is 31.1 Å². The lowest BCUT2D eigenvalue weighted by molar-refractivity contribution is -0.853. The van der Waals surface area contributed by atoms with E-state index in [0.717, 1.165) is 11.1 Å². The number of carbonyl (C=O) groups is 1. The van der Waals surface area contributed by atoms with Crippen molar-refractivity contribution >= 4 is 5.97 Å². The van der Waals surface area contributed by atoms with E-state index < -0.39 is 11.0 Å². The first-order valence-corrected chi connectivity index (χ1v) is 9.52. The van der Waals surface area contributed by atoms with Crippen LogP contribution in [0.2, 0.25) is 0 Å². The molecule has 2 aromatic rings. The number of esters is 1. The fourth-order valence-corrected chi connectivity index (χ4v) is 3.97. The van der Waals surface area contributed by atoms with Crippen LogP contribution in [0.4, 0.5) is 0 Å². The summed E-state index contributed by atoms with van der Waals surface area (Å²) in [5, 5.41) is 0. The van der Waals surface area contributed by atoms with Crippen molar-refractivity contribution in [2.45, 2.75) is 39.2 Å². The molecule has 0 aromatic heterocycles. The van der Waals surface area contributed by atoms with Crippen molar-refractivity contribution in [1.82, 2.24) is 0 Å². The minimum Gasteiger partial charge on any atom is -0.453 e. The topological polar surface area (TPSA) is 26.3 Å². The van der Waals surface area contributed by atoms with Crippen LogP contribution in [0.25, 0.3) is 0 Å². The third-order valence-electron chi connectivity index (χ3n) is 5.01. The van der Waals surface area contributed by atoms with Gasteiger partial charge in [0.1, 0.15) is 0 Å². The summed E-state index contributed by atoms with van der Waals surface area (Å²) < 4.78 is 6.58. The fourth-order valence-electron chi connectivity index (χ4n) is 3.97. The standard InChI is InChI=1S/C24H32NO2/c1-7-22(26)27-24(21-16-12-9-13-17-21,18-20-14-10-8-11-15-20)23(2,3)19-25(4,5)6/h4,8-17H,7,18-19H2,1-3,5-6H3/q+1. The Hall–Kier alpha value is -2.13. The van der Waals surface area contributed by atoms with E-state index in [4.69, 9.17) is 11.8 Å². The second-order valence-corrected chi connectivity index (χ2v) is 8.50. The molecule has 0 spiro atoms. The lowest BCUT2D eigenvalue weighted by atomic mass is 9.67. The predicted molar refractivity (Wildman–Crippen MR) is 110 cm³/mol. The van der Waals surface area contributed by atoms with Gasteiger partial charge in [-0.3, -0.25) is 4.79 Å². The fraction of sp³-hybridized carbons (Fsp3) is 0.417. The Labute approximate surface area is 164 Å². The third-order valence-corrected chi connectivity index (χ3v) is 5.01. The number of carbonyl (C=O) groups excluding carboxylic acids is 1. The summed E-state index contributed by atoms with van der Waals surface area (Å²) >= 11 is 0. The number of benzene rings is 2. The average molecular weight is 367 g/mol. The predicted octanol–water partition coefficient (Wildman–Crippen LogP) is 4.85. The van der Waals surface area contributed by atoms with E-state index in [1.54, 1.807) is 0 Å². The van der Waals surface area contributed by atoms with E-state index in [9.17, 15) is 4.79 Å². The Balaban J connectivity index is 2.66. The van der Waals surface area contributed by atoms with Crippen molar-refractivity contribution in [3.63, 3.8) is 0 Å². The molecule has 27 heavy (non-hydrogen) atoms. The lowest BCUT2D eigenvalue weighted by Gasteiger charge is -2.48. The van der Waals surface area contributed by atoms with Gasteiger partial charge in [0, 0.05) is 12.8 Å². The molecule has 3 heteroatoms. The zero-order valence-corrected chi connectivity index (χ0v) is 17.2. The van der Waals surface area contributed by atoms with Gasteiger partial charge in [-0.25, -0.2) is 0 Å². The molecule has 0 aliphatic rings. The lowest BCUT2D eigenvalue weighted by Crippen LogP contribution is -2.55. The largest absolute Gasteiger partial charge is 0.453 e. The van der Waals surface area contributed by atoms with Crippen LogP contribution in [-0.2, 0) is 21.6 Å². The molecule has 0 fully saturated rings. The van der Waals surface area contributed by atoms with Crippen LogP contribution in [0.5, 0.6) is 0 Å². The van der Waals surface area contributed by atoms with Gasteiger partial charge in [-0.15, -0.1) is 0 Å². The third kappa shape index (κ3) is 5.20. The molecule has 0 aliphatic carbocycles. The number of quaternary nitrogens is 1. The summed E-state index contributed by atoms with van der Waals surface area (Å²) in [6.45, 7) is 6.75. The van der Waals surface area contributed by atoms with Crippen LogP contribution >= 0.6 is 0 Å². The molecule has 1 unspecified atom stereocenters. The molecule has 2 aromatic carbocycles. The van der Waals surface area contributed by atoms with Crippen molar-refractivity contribution in [2.75, 3.05) is 20.6 Å². The zero-order valence-electron chi connectivity index (χ0n) is 17.2. The minimum atomic E-state index is -0.822. The molecule has 0 heterocycles. The summed E-state index contributed by atoms with van der Waals surface area (Å²) in [6, 6.07) is 20.2. The van der Waals surface area contributed by atoms with E-state index in [-0.39, 0.29) is 5.97 Å². The van der Waals surface area contributed by atoms with E-state index in [2.05, 4.69) is 26.0 Å². The van der Waals surface area contributed by atoms with Crippen molar-refractivity contribution in [3.05, 3.63) is 78.8 Å². The van der Waals surface area contributed by atoms with Crippen LogP contribution in [0.1, 0.15) is 38.3 Å². The maximum atomic E-state index is 12.5. The minimum absolute atomic E-state index is 0.204. The van der Waals surface area contributed by atoms with E-state index in [1.807, 2.05) is 69.6 Å². The first-order valence-electron chi connectivity index (χ1n) is 9.52. The molecule has 0 saturated heterocycles. The maximum absolute atomic E-state index is 12.5. The van der Waals surface area contributed by atoms with E-state index in [0.29, 0.717) is 23.9 Å². The van der Waals surface area contributed by atoms with Gasteiger partial charge in [0.25, 0.3) is 0 Å². The first kappa shape index (κ1) is 21.2. The van der Waals surface area contributed by atoms with Crippen molar-refractivity contribution in [2.24, 2.45) is 5.41 Å². The Morgan fingerprint density at radius 1 is 1.00 bits per heavy atom. The average Bonchev–Trinajstić information content (AvgIpc) is 2.60. The van der Waals surface area contributed by atoms with Gasteiger partial charge in [0.2, 0.25) is 7.05 Å². The molecule has 2 radical (unpaired) electrons. The van der Waals surface area contributed by atoms with Crippen LogP contribution in [0.3, 0.4) is 0 Å². The van der Waals surface area contributed by atoms with E-state index in [1.165, 1.54) is 0 Å². The van der Waals surface area contributed by atoms with Crippen molar-refractivity contribution in [3.8, 4) is 0 Å². The molecule has 3 nitrogen and oxygen atoms in total. The van der Waals surface area contributed by atoms with Crippen LogP contribution < -0.4 is 0 Å². The summed E-state index contributed by atoms with van der Waals surface area (Å²) in [6.07, 6.45) is 0.928. The number of rotatable bonds is 8. The monoisotopic (exact) mass is 366 g/mol. The van der Waals surface area contributed by atoms with Gasteiger partial charge in [0.05, 0.1) is 26.1 Å².